The van der Waals surface area contributed by atoms with Gasteiger partial charge in [-0.2, -0.15) is 0 Å². The standard InChI is InChI=1S/C14H10BrNO3S/c15-12-7-6-11(20-12)14(19)16-10-4-1-9(2-5-10)3-8-13(17)18/h1-8H,(H,16,19)(H,17,18)/b8-3+. The highest BCUT2D eigenvalue weighted by molar-refractivity contribution is 9.11. The molecule has 2 aromatic rings. The number of rotatable bonds is 4. The van der Waals surface area contributed by atoms with Gasteiger partial charge in [-0.1, -0.05) is 12.1 Å². The highest BCUT2D eigenvalue weighted by atomic mass is 79.9. The lowest BCUT2D eigenvalue weighted by Crippen LogP contribution is -2.09. The first-order valence-corrected chi connectivity index (χ1v) is 7.23. The molecule has 6 heteroatoms. The summed E-state index contributed by atoms with van der Waals surface area (Å²) in [5, 5.41) is 11.3. The summed E-state index contributed by atoms with van der Waals surface area (Å²) in [5.41, 5.74) is 1.41. The summed E-state index contributed by atoms with van der Waals surface area (Å²) in [6, 6.07) is 10.5. The summed E-state index contributed by atoms with van der Waals surface area (Å²) >= 11 is 4.67. The van der Waals surface area contributed by atoms with Crippen LogP contribution in [0.15, 0.2) is 46.3 Å². The molecule has 0 unspecified atom stereocenters. The van der Waals surface area contributed by atoms with Crippen LogP contribution >= 0.6 is 27.3 Å². The number of amides is 1. The van der Waals surface area contributed by atoms with E-state index in [0.29, 0.717) is 10.6 Å². The van der Waals surface area contributed by atoms with Crippen molar-refractivity contribution in [2.24, 2.45) is 0 Å². The maximum absolute atomic E-state index is 11.9. The molecule has 0 aliphatic rings. The maximum atomic E-state index is 11.9. The van der Waals surface area contributed by atoms with E-state index in [9.17, 15) is 9.59 Å². The molecule has 1 aromatic carbocycles. The molecule has 0 saturated heterocycles. The minimum Gasteiger partial charge on any atom is -0.478 e. The summed E-state index contributed by atoms with van der Waals surface area (Å²) < 4.78 is 0.900. The van der Waals surface area contributed by atoms with Crippen LogP contribution in [0.5, 0.6) is 0 Å². The third-order valence-corrected chi connectivity index (χ3v) is 4.01. The second-order valence-electron chi connectivity index (χ2n) is 3.85. The van der Waals surface area contributed by atoms with Gasteiger partial charge in [0.2, 0.25) is 0 Å². The Balaban J connectivity index is 2.03. The molecule has 4 nitrogen and oxygen atoms in total. The van der Waals surface area contributed by atoms with E-state index in [1.54, 1.807) is 30.3 Å². The molecular weight excluding hydrogens is 342 g/mol. The van der Waals surface area contributed by atoms with Crippen molar-refractivity contribution in [3.63, 3.8) is 0 Å². The summed E-state index contributed by atoms with van der Waals surface area (Å²) in [5.74, 6) is -1.17. The third kappa shape index (κ3) is 4.04. The minimum absolute atomic E-state index is 0.172. The topological polar surface area (TPSA) is 66.4 Å². The van der Waals surface area contributed by atoms with Crippen LogP contribution in [-0.2, 0) is 4.79 Å². The first-order chi connectivity index (χ1) is 9.54. The number of carbonyl (C=O) groups is 2. The Labute approximate surface area is 127 Å². The predicted octanol–water partition coefficient (Wildman–Crippen LogP) is 3.86. The normalized spacial score (nSPS) is 10.7. The fourth-order valence-electron chi connectivity index (χ4n) is 1.47. The molecule has 0 radical (unpaired) electrons. The van der Waals surface area contributed by atoms with E-state index in [-0.39, 0.29) is 5.91 Å². The molecule has 102 valence electrons. The molecule has 0 fully saturated rings. The Morgan fingerprint density at radius 2 is 1.85 bits per heavy atom. The van der Waals surface area contributed by atoms with E-state index < -0.39 is 5.97 Å². The number of halogens is 1. The molecule has 1 heterocycles. The lowest BCUT2D eigenvalue weighted by Gasteiger charge is -2.03. The Kier molecular flexibility index (Phi) is 4.70. The minimum atomic E-state index is -0.995. The fraction of sp³-hybridized carbons (Fsp3) is 0. The first-order valence-electron chi connectivity index (χ1n) is 5.62. The van der Waals surface area contributed by atoms with Gasteiger partial charge in [0.25, 0.3) is 5.91 Å². The highest BCUT2D eigenvalue weighted by Crippen LogP contribution is 2.23. The predicted molar refractivity (Wildman–Crippen MR) is 83.1 cm³/mol. The van der Waals surface area contributed by atoms with Gasteiger partial charge in [0.1, 0.15) is 0 Å². The van der Waals surface area contributed by atoms with Gasteiger partial charge >= 0.3 is 5.97 Å². The van der Waals surface area contributed by atoms with Crippen molar-refractivity contribution >= 4 is 50.9 Å². The monoisotopic (exact) mass is 351 g/mol. The molecule has 0 spiro atoms. The fourth-order valence-corrected chi connectivity index (χ4v) is 2.76. The largest absolute Gasteiger partial charge is 0.478 e. The number of thiophene rings is 1. The van der Waals surface area contributed by atoms with Gasteiger partial charge in [-0.3, -0.25) is 4.79 Å². The Hall–Kier alpha value is -1.92. The second kappa shape index (κ2) is 6.49. The van der Waals surface area contributed by atoms with E-state index in [0.717, 1.165) is 15.4 Å². The van der Waals surface area contributed by atoms with E-state index in [1.807, 2.05) is 6.07 Å². The summed E-state index contributed by atoms with van der Waals surface area (Å²) in [7, 11) is 0. The van der Waals surface area contributed by atoms with Crippen LogP contribution in [0.25, 0.3) is 6.08 Å². The van der Waals surface area contributed by atoms with Crippen molar-refractivity contribution in [1.82, 2.24) is 0 Å². The Morgan fingerprint density at radius 1 is 1.15 bits per heavy atom. The lowest BCUT2D eigenvalue weighted by atomic mass is 10.2. The third-order valence-electron chi connectivity index (χ3n) is 2.38. The van der Waals surface area contributed by atoms with Crippen molar-refractivity contribution in [3.8, 4) is 0 Å². The average molecular weight is 352 g/mol. The van der Waals surface area contributed by atoms with Crippen LogP contribution in [0.4, 0.5) is 5.69 Å². The van der Waals surface area contributed by atoms with Crippen LogP contribution in [-0.4, -0.2) is 17.0 Å². The maximum Gasteiger partial charge on any atom is 0.328 e. The Morgan fingerprint density at radius 3 is 2.40 bits per heavy atom. The van der Waals surface area contributed by atoms with Crippen LogP contribution < -0.4 is 5.32 Å². The molecule has 2 rings (SSSR count). The summed E-state index contributed by atoms with van der Waals surface area (Å²) in [4.78, 5) is 22.9. The number of nitrogens with one attached hydrogen (secondary N) is 1. The van der Waals surface area contributed by atoms with Gasteiger partial charge in [0, 0.05) is 11.8 Å². The van der Waals surface area contributed by atoms with Gasteiger partial charge in [-0.15, -0.1) is 11.3 Å². The van der Waals surface area contributed by atoms with Crippen molar-refractivity contribution < 1.29 is 14.7 Å². The second-order valence-corrected chi connectivity index (χ2v) is 6.31. The number of carbonyl (C=O) groups excluding carboxylic acids is 1. The molecule has 2 N–H and O–H groups in total. The van der Waals surface area contributed by atoms with E-state index in [1.165, 1.54) is 17.4 Å². The molecule has 0 aliphatic carbocycles. The van der Waals surface area contributed by atoms with Crippen LogP contribution in [0.2, 0.25) is 0 Å². The van der Waals surface area contributed by atoms with Gasteiger partial charge < -0.3 is 10.4 Å². The highest BCUT2D eigenvalue weighted by Gasteiger charge is 2.08. The summed E-state index contributed by atoms with van der Waals surface area (Å²) in [6.45, 7) is 0. The zero-order valence-electron chi connectivity index (χ0n) is 10.2. The number of carboxylic acid groups (broad SMARTS) is 1. The van der Waals surface area contributed by atoms with Gasteiger partial charge in [0.15, 0.2) is 0 Å². The van der Waals surface area contributed by atoms with Crippen LogP contribution in [0.1, 0.15) is 15.2 Å². The lowest BCUT2D eigenvalue weighted by molar-refractivity contribution is -0.131. The molecular formula is C14H10BrNO3S. The molecule has 1 aromatic heterocycles. The van der Waals surface area contributed by atoms with Gasteiger partial charge in [-0.05, 0) is 51.8 Å². The van der Waals surface area contributed by atoms with Crippen molar-refractivity contribution in [3.05, 3.63) is 56.7 Å². The van der Waals surface area contributed by atoms with Crippen molar-refractivity contribution in [2.45, 2.75) is 0 Å². The van der Waals surface area contributed by atoms with Crippen LogP contribution in [0.3, 0.4) is 0 Å². The van der Waals surface area contributed by atoms with Crippen LogP contribution in [0, 0.1) is 0 Å². The molecule has 0 aliphatic heterocycles. The zero-order valence-corrected chi connectivity index (χ0v) is 12.6. The molecule has 0 atom stereocenters. The number of hydrogen-bond donors (Lipinski definition) is 2. The van der Waals surface area contributed by atoms with Crippen molar-refractivity contribution in [1.29, 1.82) is 0 Å². The van der Waals surface area contributed by atoms with E-state index >= 15 is 0 Å². The molecule has 1 amide bonds. The van der Waals surface area contributed by atoms with Crippen molar-refractivity contribution in [2.75, 3.05) is 5.32 Å². The molecule has 0 bridgehead atoms. The zero-order chi connectivity index (χ0) is 14.5. The molecule has 20 heavy (non-hydrogen) atoms. The smallest absolute Gasteiger partial charge is 0.328 e. The number of anilines is 1. The first kappa shape index (κ1) is 14.5. The number of hydrogen-bond acceptors (Lipinski definition) is 3. The Bertz CT molecular complexity index is 661. The quantitative estimate of drug-likeness (QED) is 0.821. The SMILES string of the molecule is O=C(O)/C=C/c1ccc(NC(=O)c2ccc(Br)s2)cc1. The summed E-state index contributed by atoms with van der Waals surface area (Å²) in [6.07, 6.45) is 2.56. The number of carboxylic acids is 1. The van der Waals surface area contributed by atoms with E-state index in [2.05, 4.69) is 21.2 Å². The number of benzene rings is 1. The number of aliphatic carboxylic acids is 1. The van der Waals surface area contributed by atoms with E-state index in [4.69, 9.17) is 5.11 Å². The van der Waals surface area contributed by atoms with Gasteiger partial charge in [-0.25, -0.2) is 4.79 Å². The average Bonchev–Trinajstić information content (AvgIpc) is 2.85. The molecule has 0 saturated carbocycles. The van der Waals surface area contributed by atoms with Gasteiger partial charge in [0.05, 0.1) is 8.66 Å².